The number of amides is 1. The summed E-state index contributed by atoms with van der Waals surface area (Å²) in [4.78, 5) is 27.1. The Morgan fingerprint density at radius 1 is 0.944 bits per heavy atom. The maximum atomic E-state index is 13.5. The Labute approximate surface area is 210 Å². The number of fused-ring (bicyclic) bond motifs is 1. The lowest BCUT2D eigenvalue weighted by Crippen LogP contribution is -2.42. The number of nitrogens with zero attached hydrogens (tertiary/aromatic N) is 4. The van der Waals surface area contributed by atoms with Crippen LogP contribution in [-0.2, 0) is 17.7 Å². The number of morpholine rings is 1. The SMILES string of the molecule is COc1cc(-c2ncc(C(=O)N3CCOCC3)c(N3CCc4ccccc4C3)n2)cc(OC)c1OC. The van der Waals surface area contributed by atoms with Gasteiger partial charge in [-0.3, -0.25) is 4.79 Å². The molecule has 188 valence electrons. The third-order valence-corrected chi connectivity index (χ3v) is 6.65. The number of aromatic nitrogens is 2. The zero-order valence-corrected chi connectivity index (χ0v) is 20.8. The highest BCUT2D eigenvalue weighted by molar-refractivity contribution is 5.99. The Hall–Kier alpha value is -3.85. The van der Waals surface area contributed by atoms with Crippen molar-refractivity contribution in [3.63, 3.8) is 0 Å². The molecule has 2 aliphatic heterocycles. The molecule has 3 aromatic rings. The van der Waals surface area contributed by atoms with E-state index in [2.05, 4.69) is 28.1 Å². The fourth-order valence-electron chi connectivity index (χ4n) is 4.73. The first kappa shape index (κ1) is 23.9. The molecular formula is C27H30N4O5. The number of hydrogen-bond donors (Lipinski definition) is 0. The van der Waals surface area contributed by atoms with E-state index >= 15 is 0 Å². The van der Waals surface area contributed by atoms with Gasteiger partial charge in [-0.05, 0) is 29.7 Å². The summed E-state index contributed by atoms with van der Waals surface area (Å²) in [5.74, 6) is 2.54. The Morgan fingerprint density at radius 3 is 2.31 bits per heavy atom. The van der Waals surface area contributed by atoms with Gasteiger partial charge in [-0.2, -0.15) is 0 Å². The fourth-order valence-corrected chi connectivity index (χ4v) is 4.73. The molecule has 0 atom stereocenters. The number of methoxy groups -OCH3 is 3. The first-order valence-electron chi connectivity index (χ1n) is 12.0. The predicted octanol–water partition coefficient (Wildman–Crippen LogP) is 3.20. The van der Waals surface area contributed by atoms with Gasteiger partial charge in [-0.25, -0.2) is 9.97 Å². The molecule has 9 nitrogen and oxygen atoms in total. The quantitative estimate of drug-likeness (QED) is 0.521. The van der Waals surface area contributed by atoms with Gasteiger partial charge in [-0.1, -0.05) is 24.3 Å². The molecular weight excluding hydrogens is 460 g/mol. The lowest BCUT2D eigenvalue weighted by Gasteiger charge is -2.33. The second-order valence-corrected chi connectivity index (χ2v) is 8.69. The van der Waals surface area contributed by atoms with E-state index in [4.69, 9.17) is 23.9 Å². The highest BCUT2D eigenvalue weighted by Gasteiger charge is 2.28. The second kappa shape index (κ2) is 10.4. The van der Waals surface area contributed by atoms with E-state index in [0.29, 0.717) is 72.9 Å². The van der Waals surface area contributed by atoms with Crippen LogP contribution in [0, 0.1) is 0 Å². The number of benzene rings is 2. The van der Waals surface area contributed by atoms with E-state index in [9.17, 15) is 4.79 Å². The highest BCUT2D eigenvalue weighted by Crippen LogP contribution is 2.41. The van der Waals surface area contributed by atoms with Crippen LogP contribution in [0.1, 0.15) is 21.5 Å². The van der Waals surface area contributed by atoms with Gasteiger partial charge in [0.25, 0.3) is 5.91 Å². The maximum Gasteiger partial charge on any atom is 0.259 e. The zero-order chi connectivity index (χ0) is 25.1. The molecule has 2 aliphatic rings. The molecule has 0 spiro atoms. The van der Waals surface area contributed by atoms with Crippen molar-refractivity contribution in [2.75, 3.05) is 59.1 Å². The summed E-state index contributed by atoms with van der Waals surface area (Å²) in [6.07, 6.45) is 2.52. The van der Waals surface area contributed by atoms with Crippen LogP contribution >= 0.6 is 0 Å². The average molecular weight is 491 g/mol. The summed E-state index contributed by atoms with van der Waals surface area (Å²) in [5.41, 5.74) is 3.76. The van der Waals surface area contributed by atoms with Crippen LogP contribution in [0.3, 0.4) is 0 Å². The molecule has 0 radical (unpaired) electrons. The fraction of sp³-hybridized carbons (Fsp3) is 0.370. The van der Waals surface area contributed by atoms with Crippen LogP contribution < -0.4 is 19.1 Å². The summed E-state index contributed by atoms with van der Waals surface area (Å²) in [7, 11) is 4.71. The standard InChI is InChI=1S/C27H30N4O5/c1-33-22-14-20(15-23(34-2)24(22)35-3)25-28-16-21(27(32)30-10-12-36-13-11-30)26(29-25)31-9-8-18-6-4-5-7-19(18)17-31/h4-7,14-16H,8-13,17H2,1-3H3. The van der Waals surface area contributed by atoms with E-state index in [-0.39, 0.29) is 5.91 Å². The number of rotatable bonds is 6. The van der Waals surface area contributed by atoms with E-state index < -0.39 is 0 Å². The van der Waals surface area contributed by atoms with E-state index in [1.807, 2.05) is 23.1 Å². The monoisotopic (exact) mass is 490 g/mol. The van der Waals surface area contributed by atoms with Crippen molar-refractivity contribution in [1.29, 1.82) is 0 Å². The molecule has 1 fully saturated rings. The Balaban J connectivity index is 1.59. The maximum absolute atomic E-state index is 13.5. The molecule has 3 heterocycles. The summed E-state index contributed by atoms with van der Waals surface area (Å²) in [5, 5.41) is 0. The molecule has 0 saturated carbocycles. The molecule has 0 bridgehead atoms. The zero-order valence-electron chi connectivity index (χ0n) is 20.8. The molecule has 1 saturated heterocycles. The number of hydrogen-bond acceptors (Lipinski definition) is 8. The first-order valence-corrected chi connectivity index (χ1v) is 12.0. The second-order valence-electron chi connectivity index (χ2n) is 8.69. The highest BCUT2D eigenvalue weighted by atomic mass is 16.5. The van der Waals surface area contributed by atoms with Crippen LogP contribution in [0.25, 0.3) is 11.4 Å². The van der Waals surface area contributed by atoms with Gasteiger partial charge < -0.3 is 28.7 Å². The van der Waals surface area contributed by atoms with Gasteiger partial charge in [0.1, 0.15) is 11.4 Å². The smallest absolute Gasteiger partial charge is 0.259 e. The molecule has 0 N–H and O–H groups in total. The number of carbonyl (C=O) groups excluding carboxylic acids is 1. The number of ether oxygens (including phenoxy) is 4. The van der Waals surface area contributed by atoms with Crippen molar-refractivity contribution in [2.45, 2.75) is 13.0 Å². The average Bonchev–Trinajstić information content (AvgIpc) is 2.95. The topological polar surface area (TPSA) is 86.2 Å². The molecule has 0 aliphatic carbocycles. The minimum absolute atomic E-state index is 0.0800. The third-order valence-electron chi connectivity index (χ3n) is 6.65. The largest absolute Gasteiger partial charge is 0.493 e. The summed E-state index contributed by atoms with van der Waals surface area (Å²) in [6, 6.07) is 12.0. The summed E-state index contributed by atoms with van der Waals surface area (Å²) in [6.45, 7) is 3.59. The summed E-state index contributed by atoms with van der Waals surface area (Å²) < 4.78 is 21.9. The van der Waals surface area contributed by atoms with Crippen LogP contribution in [0.15, 0.2) is 42.6 Å². The molecule has 1 aromatic heterocycles. The van der Waals surface area contributed by atoms with Crippen LogP contribution in [0.5, 0.6) is 17.2 Å². The molecule has 1 amide bonds. The third kappa shape index (κ3) is 4.54. The van der Waals surface area contributed by atoms with Crippen molar-refractivity contribution >= 4 is 11.7 Å². The summed E-state index contributed by atoms with van der Waals surface area (Å²) >= 11 is 0. The van der Waals surface area contributed by atoms with Crippen molar-refractivity contribution in [3.05, 3.63) is 59.3 Å². The van der Waals surface area contributed by atoms with Crippen molar-refractivity contribution in [3.8, 4) is 28.6 Å². The van der Waals surface area contributed by atoms with Crippen LogP contribution in [0.4, 0.5) is 5.82 Å². The van der Waals surface area contributed by atoms with E-state index in [0.717, 1.165) is 13.0 Å². The van der Waals surface area contributed by atoms with Gasteiger partial charge >= 0.3 is 0 Å². The predicted molar refractivity (Wildman–Crippen MR) is 135 cm³/mol. The van der Waals surface area contributed by atoms with Crippen molar-refractivity contribution in [1.82, 2.24) is 14.9 Å². The van der Waals surface area contributed by atoms with Gasteiger partial charge in [0, 0.05) is 37.9 Å². The van der Waals surface area contributed by atoms with Crippen molar-refractivity contribution < 1.29 is 23.7 Å². The van der Waals surface area contributed by atoms with Gasteiger partial charge in [0.05, 0.1) is 34.5 Å². The molecule has 2 aromatic carbocycles. The Kier molecular flexibility index (Phi) is 6.90. The lowest BCUT2D eigenvalue weighted by molar-refractivity contribution is 0.0302. The van der Waals surface area contributed by atoms with Gasteiger partial charge in [0.15, 0.2) is 17.3 Å². The minimum Gasteiger partial charge on any atom is -0.493 e. The van der Waals surface area contributed by atoms with E-state index in [1.54, 1.807) is 27.5 Å². The number of anilines is 1. The normalized spacial score (nSPS) is 15.3. The number of carbonyl (C=O) groups is 1. The van der Waals surface area contributed by atoms with Crippen LogP contribution in [0.2, 0.25) is 0 Å². The Bertz CT molecular complexity index is 1230. The molecule has 5 rings (SSSR count). The molecule has 9 heteroatoms. The van der Waals surface area contributed by atoms with Crippen molar-refractivity contribution in [2.24, 2.45) is 0 Å². The lowest BCUT2D eigenvalue weighted by atomic mass is 9.99. The minimum atomic E-state index is -0.0800. The Morgan fingerprint density at radius 2 is 1.64 bits per heavy atom. The molecule has 0 unspecified atom stereocenters. The van der Waals surface area contributed by atoms with Gasteiger partial charge in [-0.15, -0.1) is 0 Å². The van der Waals surface area contributed by atoms with Gasteiger partial charge in [0.2, 0.25) is 5.75 Å². The first-order chi connectivity index (χ1) is 17.6. The van der Waals surface area contributed by atoms with E-state index in [1.165, 1.54) is 11.1 Å². The molecule has 36 heavy (non-hydrogen) atoms. The van der Waals surface area contributed by atoms with Crippen LogP contribution in [-0.4, -0.2) is 75.0 Å².